The number of hydrogen-bond acceptors (Lipinski definition) is 3. The summed E-state index contributed by atoms with van der Waals surface area (Å²) in [7, 11) is 2.05. The molecule has 2 N–H and O–H groups in total. The first kappa shape index (κ1) is 13.5. The third kappa shape index (κ3) is 2.95. The minimum absolute atomic E-state index is 0.324. The molecule has 1 aliphatic rings. The van der Waals surface area contributed by atoms with Gasteiger partial charge in [-0.25, -0.2) is 0 Å². The van der Waals surface area contributed by atoms with E-state index in [2.05, 4.69) is 38.0 Å². The molecule has 2 atom stereocenters. The quantitative estimate of drug-likeness (QED) is 0.758. The SMILES string of the molecule is CC(C)CNC1(C(=O)O)CCN(C)C(C)C1. The second-order valence-electron chi connectivity index (χ2n) is 5.45. The summed E-state index contributed by atoms with van der Waals surface area (Å²) in [6.45, 7) is 7.90. The number of likely N-dealkylation sites (tertiary alicyclic amines) is 1. The highest BCUT2D eigenvalue weighted by Crippen LogP contribution is 2.26. The minimum atomic E-state index is -0.712. The molecule has 1 fully saturated rings. The fourth-order valence-corrected chi connectivity index (χ4v) is 2.18. The molecule has 1 rings (SSSR count). The normalized spacial score (nSPS) is 31.9. The molecular formula is C12H24N2O2. The summed E-state index contributed by atoms with van der Waals surface area (Å²) in [4.78, 5) is 13.7. The smallest absolute Gasteiger partial charge is 0.324 e. The van der Waals surface area contributed by atoms with Crippen molar-refractivity contribution in [3.05, 3.63) is 0 Å². The maximum Gasteiger partial charge on any atom is 0.324 e. The summed E-state index contributed by atoms with van der Waals surface area (Å²) in [5.74, 6) is -0.223. The van der Waals surface area contributed by atoms with Gasteiger partial charge in [0.05, 0.1) is 0 Å². The molecule has 0 aromatic carbocycles. The van der Waals surface area contributed by atoms with E-state index in [1.165, 1.54) is 0 Å². The number of rotatable bonds is 4. The van der Waals surface area contributed by atoms with Crippen LogP contribution in [0.1, 0.15) is 33.6 Å². The van der Waals surface area contributed by atoms with Crippen molar-refractivity contribution < 1.29 is 9.90 Å². The van der Waals surface area contributed by atoms with Gasteiger partial charge in [-0.05, 0) is 39.3 Å². The predicted octanol–water partition coefficient (Wildman–Crippen LogP) is 1.17. The molecule has 0 aliphatic carbocycles. The molecule has 94 valence electrons. The summed E-state index contributed by atoms with van der Waals surface area (Å²) in [5, 5.41) is 12.7. The van der Waals surface area contributed by atoms with Gasteiger partial charge in [0, 0.05) is 12.6 Å². The Balaban J connectivity index is 2.70. The second kappa shape index (κ2) is 5.15. The van der Waals surface area contributed by atoms with Crippen LogP contribution in [0, 0.1) is 5.92 Å². The molecule has 0 radical (unpaired) electrons. The maximum absolute atomic E-state index is 11.5. The molecule has 0 aromatic rings. The van der Waals surface area contributed by atoms with Gasteiger partial charge in [-0.2, -0.15) is 0 Å². The number of piperidine rings is 1. The van der Waals surface area contributed by atoms with Gasteiger partial charge < -0.3 is 15.3 Å². The number of hydrogen-bond donors (Lipinski definition) is 2. The van der Waals surface area contributed by atoms with Crippen molar-refractivity contribution >= 4 is 5.97 Å². The molecule has 4 nitrogen and oxygen atoms in total. The van der Waals surface area contributed by atoms with E-state index in [-0.39, 0.29) is 0 Å². The molecule has 4 heteroatoms. The van der Waals surface area contributed by atoms with Gasteiger partial charge in [0.15, 0.2) is 0 Å². The Labute approximate surface area is 98.0 Å². The molecule has 0 bridgehead atoms. The molecular weight excluding hydrogens is 204 g/mol. The topological polar surface area (TPSA) is 52.6 Å². The van der Waals surface area contributed by atoms with Crippen LogP contribution in [0.25, 0.3) is 0 Å². The van der Waals surface area contributed by atoms with E-state index in [9.17, 15) is 9.90 Å². The van der Waals surface area contributed by atoms with Crippen molar-refractivity contribution in [2.75, 3.05) is 20.1 Å². The summed E-state index contributed by atoms with van der Waals surface area (Å²) in [6, 6.07) is 0.324. The number of aliphatic carboxylic acids is 1. The van der Waals surface area contributed by atoms with Crippen LogP contribution < -0.4 is 5.32 Å². The van der Waals surface area contributed by atoms with Crippen LogP contribution in [0.15, 0.2) is 0 Å². The second-order valence-corrected chi connectivity index (χ2v) is 5.45. The molecule has 0 spiro atoms. The van der Waals surface area contributed by atoms with Crippen LogP contribution in [0.4, 0.5) is 0 Å². The van der Waals surface area contributed by atoms with Gasteiger partial charge in [-0.3, -0.25) is 4.79 Å². The van der Waals surface area contributed by atoms with Gasteiger partial charge in [0.2, 0.25) is 0 Å². The molecule has 0 amide bonds. The van der Waals surface area contributed by atoms with Crippen molar-refractivity contribution in [2.45, 2.75) is 45.2 Å². The van der Waals surface area contributed by atoms with E-state index < -0.39 is 11.5 Å². The third-order valence-corrected chi connectivity index (χ3v) is 3.55. The monoisotopic (exact) mass is 228 g/mol. The van der Waals surface area contributed by atoms with E-state index in [0.717, 1.165) is 13.1 Å². The Morgan fingerprint density at radius 1 is 1.62 bits per heavy atom. The lowest BCUT2D eigenvalue weighted by atomic mass is 9.83. The summed E-state index contributed by atoms with van der Waals surface area (Å²) in [6.07, 6.45) is 1.38. The fourth-order valence-electron chi connectivity index (χ4n) is 2.18. The molecule has 1 saturated heterocycles. The first-order valence-electron chi connectivity index (χ1n) is 6.06. The highest BCUT2D eigenvalue weighted by Gasteiger charge is 2.43. The van der Waals surface area contributed by atoms with Crippen molar-refractivity contribution in [2.24, 2.45) is 5.92 Å². The van der Waals surface area contributed by atoms with Crippen LogP contribution in [0.5, 0.6) is 0 Å². The van der Waals surface area contributed by atoms with E-state index in [1.807, 2.05) is 0 Å². The molecule has 0 aromatic heterocycles. The lowest BCUT2D eigenvalue weighted by Crippen LogP contribution is -2.60. The van der Waals surface area contributed by atoms with Crippen molar-refractivity contribution in [3.8, 4) is 0 Å². The average molecular weight is 228 g/mol. The van der Waals surface area contributed by atoms with Gasteiger partial charge in [0.1, 0.15) is 5.54 Å². The summed E-state index contributed by atoms with van der Waals surface area (Å²) in [5.41, 5.74) is -0.712. The van der Waals surface area contributed by atoms with Crippen LogP contribution >= 0.6 is 0 Å². The molecule has 0 saturated carbocycles. The van der Waals surface area contributed by atoms with Crippen molar-refractivity contribution in [1.29, 1.82) is 0 Å². The number of carboxylic acid groups (broad SMARTS) is 1. The lowest BCUT2D eigenvalue weighted by Gasteiger charge is -2.42. The third-order valence-electron chi connectivity index (χ3n) is 3.55. The van der Waals surface area contributed by atoms with Crippen molar-refractivity contribution in [3.63, 3.8) is 0 Å². The zero-order valence-corrected chi connectivity index (χ0v) is 10.8. The molecule has 16 heavy (non-hydrogen) atoms. The van der Waals surface area contributed by atoms with Gasteiger partial charge in [0.25, 0.3) is 0 Å². The first-order valence-corrected chi connectivity index (χ1v) is 6.06. The molecule has 2 unspecified atom stereocenters. The zero-order valence-electron chi connectivity index (χ0n) is 10.8. The number of carbonyl (C=O) groups is 1. The van der Waals surface area contributed by atoms with Crippen LogP contribution in [0.2, 0.25) is 0 Å². The lowest BCUT2D eigenvalue weighted by molar-refractivity contribution is -0.148. The van der Waals surface area contributed by atoms with Gasteiger partial charge in [-0.15, -0.1) is 0 Å². The van der Waals surface area contributed by atoms with E-state index in [1.54, 1.807) is 0 Å². The fraction of sp³-hybridized carbons (Fsp3) is 0.917. The number of carboxylic acids is 1. The highest BCUT2D eigenvalue weighted by molar-refractivity contribution is 5.79. The Kier molecular flexibility index (Phi) is 4.33. The van der Waals surface area contributed by atoms with E-state index >= 15 is 0 Å². The average Bonchev–Trinajstić information content (AvgIpc) is 2.20. The number of nitrogens with one attached hydrogen (secondary N) is 1. The standard InChI is InChI=1S/C12H24N2O2/c1-9(2)8-13-12(11(15)16)5-6-14(4)10(3)7-12/h9-10,13H,5-8H2,1-4H3,(H,15,16). The van der Waals surface area contributed by atoms with E-state index in [4.69, 9.17) is 0 Å². The number of nitrogens with zero attached hydrogens (tertiary/aromatic N) is 1. The maximum atomic E-state index is 11.5. The van der Waals surface area contributed by atoms with Crippen LogP contribution in [0.3, 0.4) is 0 Å². The Bertz CT molecular complexity index is 255. The Morgan fingerprint density at radius 2 is 2.25 bits per heavy atom. The zero-order chi connectivity index (χ0) is 12.3. The highest BCUT2D eigenvalue weighted by atomic mass is 16.4. The molecule has 1 aliphatic heterocycles. The first-order chi connectivity index (χ1) is 7.37. The largest absolute Gasteiger partial charge is 0.480 e. The van der Waals surface area contributed by atoms with E-state index in [0.29, 0.717) is 24.8 Å². The van der Waals surface area contributed by atoms with Gasteiger partial charge in [-0.1, -0.05) is 13.8 Å². The Hall–Kier alpha value is -0.610. The minimum Gasteiger partial charge on any atom is -0.480 e. The Morgan fingerprint density at radius 3 is 2.69 bits per heavy atom. The van der Waals surface area contributed by atoms with Crippen molar-refractivity contribution in [1.82, 2.24) is 10.2 Å². The van der Waals surface area contributed by atoms with Gasteiger partial charge >= 0.3 is 5.97 Å². The van der Waals surface area contributed by atoms with Crippen LogP contribution in [-0.2, 0) is 4.79 Å². The summed E-state index contributed by atoms with van der Waals surface area (Å²) >= 11 is 0. The predicted molar refractivity (Wildman–Crippen MR) is 64.5 cm³/mol. The molecule has 1 heterocycles. The summed E-state index contributed by atoms with van der Waals surface area (Å²) < 4.78 is 0. The van der Waals surface area contributed by atoms with Crippen LogP contribution in [-0.4, -0.2) is 47.7 Å².